The summed E-state index contributed by atoms with van der Waals surface area (Å²) < 4.78 is 1.07. The predicted molar refractivity (Wildman–Crippen MR) is 104 cm³/mol. The second-order valence-corrected chi connectivity index (χ2v) is 7.60. The molecule has 2 aromatic carbocycles. The van der Waals surface area contributed by atoms with Crippen molar-refractivity contribution in [1.29, 1.82) is 0 Å². The fourth-order valence-electron chi connectivity index (χ4n) is 2.30. The lowest BCUT2D eigenvalue weighted by molar-refractivity contribution is 0.102. The Morgan fingerprint density at radius 2 is 1.80 bits per heavy atom. The first-order chi connectivity index (χ1) is 12.1. The van der Waals surface area contributed by atoms with Gasteiger partial charge in [0, 0.05) is 16.7 Å². The van der Waals surface area contributed by atoms with Crippen LogP contribution in [0.3, 0.4) is 0 Å². The number of para-hydroxylation sites is 1. The molecule has 0 bridgehead atoms. The van der Waals surface area contributed by atoms with Gasteiger partial charge in [0.2, 0.25) is 5.01 Å². The van der Waals surface area contributed by atoms with E-state index in [0.29, 0.717) is 11.6 Å². The topological polar surface area (TPSA) is 58.1 Å². The molecule has 0 saturated carbocycles. The SMILES string of the molecule is CN(Cc1ccc(Br)cc1)Cc1nnc(C(=O)Nc2ccccc2)s1. The highest BCUT2D eigenvalue weighted by atomic mass is 79.9. The highest BCUT2D eigenvalue weighted by molar-refractivity contribution is 9.10. The zero-order chi connectivity index (χ0) is 17.6. The second-order valence-electron chi connectivity index (χ2n) is 5.62. The van der Waals surface area contributed by atoms with Crippen molar-refractivity contribution in [2.24, 2.45) is 0 Å². The lowest BCUT2D eigenvalue weighted by Gasteiger charge is -2.14. The number of anilines is 1. The van der Waals surface area contributed by atoms with Crippen LogP contribution >= 0.6 is 27.3 Å². The highest BCUT2D eigenvalue weighted by Crippen LogP contribution is 2.16. The average Bonchev–Trinajstić information content (AvgIpc) is 3.06. The van der Waals surface area contributed by atoms with Crippen molar-refractivity contribution in [1.82, 2.24) is 15.1 Å². The number of benzene rings is 2. The first-order valence-corrected chi connectivity index (χ1v) is 9.33. The van der Waals surface area contributed by atoms with Gasteiger partial charge in [0.15, 0.2) is 0 Å². The second kappa shape index (κ2) is 8.33. The Hall–Kier alpha value is -2.09. The Morgan fingerprint density at radius 3 is 2.52 bits per heavy atom. The maximum Gasteiger partial charge on any atom is 0.286 e. The molecule has 0 aliphatic rings. The molecule has 1 N–H and O–H groups in total. The number of halogens is 1. The van der Waals surface area contributed by atoms with Crippen LogP contribution < -0.4 is 5.32 Å². The van der Waals surface area contributed by atoms with Crippen molar-refractivity contribution in [3.05, 3.63) is 74.6 Å². The smallest absolute Gasteiger partial charge is 0.286 e. The number of nitrogens with zero attached hydrogens (tertiary/aromatic N) is 3. The largest absolute Gasteiger partial charge is 0.320 e. The van der Waals surface area contributed by atoms with Crippen molar-refractivity contribution in [2.45, 2.75) is 13.1 Å². The van der Waals surface area contributed by atoms with E-state index in [1.54, 1.807) is 0 Å². The standard InChI is InChI=1S/C18H17BrN4OS/c1-23(11-13-7-9-14(19)10-8-13)12-16-21-22-18(25-16)17(24)20-15-5-3-2-4-6-15/h2-10H,11-12H2,1H3,(H,20,24). The number of hydrogen-bond donors (Lipinski definition) is 1. The van der Waals surface area contributed by atoms with E-state index in [2.05, 4.69) is 48.5 Å². The van der Waals surface area contributed by atoms with Gasteiger partial charge in [0.05, 0.1) is 6.54 Å². The first-order valence-electron chi connectivity index (χ1n) is 7.72. The number of carbonyl (C=O) groups excluding carboxylic acids is 1. The molecule has 25 heavy (non-hydrogen) atoms. The summed E-state index contributed by atoms with van der Waals surface area (Å²) in [5.74, 6) is -0.231. The van der Waals surface area contributed by atoms with Gasteiger partial charge in [-0.3, -0.25) is 9.69 Å². The lowest BCUT2D eigenvalue weighted by Crippen LogP contribution is -2.17. The summed E-state index contributed by atoms with van der Waals surface area (Å²) in [6.07, 6.45) is 0. The maximum atomic E-state index is 12.2. The van der Waals surface area contributed by atoms with E-state index in [9.17, 15) is 4.79 Å². The van der Waals surface area contributed by atoms with E-state index in [0.717, 1.165) is 21.7 Å². The summed E-state index contributed by atoms with van der Waals surface area (Å²) in [6, 6.07) is 17.5. The van der Waals surface area contributed by atoms with E-state index >= 15 is 0 Å². The van der Waals surface area contributed by atoms with Gasteiger partial charge in [0.25, 0.3) is 5.91 Å². The zero-order valence-corrected chi connectivity index (χ0v) is 16.0. The van der Waals surface area contributed by atoms with Crippen molar-refractivity contribution in [3.63, 3.8) is 0 Å². The van der Waals surface area contributed by atoms with Gasteiger partial charge in [-0.2, -0.15) is 0 Å². The molecule has 0 spiro atoms. The van der Waals surface area contributed by atoms with E-state index in [1.165, 1.54) is 16.9 Å². The molecule has 0 fully saturated rings. The van der Waals surface area contributed by atoms with Crippen LogP contribution in [0.1, 0.15) is 20.4 Å². The molecule has 0 aliphatic carbocycles. The van der Waals surface area contributed by atoms with Crippen LogP contribution in [0.25, 0.3) is 0 Å². The van der Waals surface area contributed by atoms with Gasteiger partial charge in [-0.15, -0.1) is 10.2 Å². The van der Waals surface area contributed by atoms with Crippen molar-refractivity contribution < 1.29 is 4.79 Å². The Balaban J connectivity index is 1.57. The fraction of sp³-hybridized carbons (Fsp3) is 0.167. The molecule has 0 aliphatic heterocycles. The zero-order valence-electron chi connectivity index (χ0n) is 13.6. The normalized spacial score (nSPS) is 10.8. The summed E-state index contributed by atoms with van der Waals surface area (Å²) in [5, 5.41) is 12.2. The molecule has 1 aromatic heterocycles. The van der Waals surface area contributed by atoms with E-state index in [4.69, 9.17) is 0 Å². The van der Waals surface area contributed by atoms with Gasteiger partial charge in [-0.05, 0) is 36.9 Å². The number of carbonyl (C=O) groups is 1. The molecule has 1 amide bonds. The molecular weight excluding hydrogens is 400 g/mol. The lowest BCUT2D eigenvalue weighted by atomic mass is 10.2. The monoisotopic (exact) mass is 416 g/mol. The molecule has 1 heterocycles. The number of rotatable bonds is 6. The van der Waals surface area contributed by atoms with E-state index in [1.807, 2.05) is 49.5 Å². The molecular formula is C18H17BrN4OS. The molecule has 0 radical (unpaired) electrons. The Labute approximate surface area is 158 Å². The highest BCUT2D eigenvalue weighted by Gasteiger charge is 2.14. The summed E-state index contributed by atoms with van der Waals surface area (Å²) in [7, 11) is 2.02. The van der Waals surface area contributed by atoms with E-state index in [-0.39, 0.29) is 5.91 Å². The summed E-state index contributed by atoms with van der Waals surface area (Å²) in [4.78, 5) is 14.4. The van der Waals surface area contributed by atoms with Crippen LogP contribution in [0.2, 0.25) is 0 Å². The van der Waals surface area contributed by atoms with Gasteiger partial charge in [-0.1, -0.05) is 57.6 Å². The van der Waals surface area contributed by atoms with Crippen LogP contribution in [0.4, 0.5) is 5.69 Å². The van der Waals surface area contributed by atoms with Crippen molar-refractivity contribution in [3.8, 4) is 0 Å². The number of hydrogen-bond acceptors (Lipinski definition) is 5. The molecule has 5 nitrogen and oxygen atoms in total. The minimum absolute atomic E-state index is 0.231. The van der Waals surface area contributed by atoms with E-state index < -0.39 is 0 Å². The van der Waals surface area contributed by atoms with Gasteiger partial charge in [-0.25, -0.2) is 0 Å². The van der Waals surface area contributed by atoms with Crippen molar-refractivity contribution >= 4 is 38.9 Å². The first kappa shape index (κ1) is 17.7. The Bertz CT molecular complexity index is 836. The molecule has 0 atom stereocenters. The molecule has 0 saturated heterocycles. The predicted octanol–water partition coefficient (Wildman–Crippen LogP) is 4.18. The molecule has 3 rings (SSSR count). The summed E-state index contributed by atoms with van der Waals surface area (Å²) >= 11 is 4.76. The molecule has 3 aromatic rings. The molecule has 128 valence electrons. The third-order valence-electron chi connectivity index (χ3n) is 3.46. The summed E-state index contributed by atoms with van der Waals surface area (Å²) in [5.41, 5.74) is 1.97. The van der Waals surface area contributed by atoms with Crippen LogP contribution in [-0.4, -0.2) is 28.1 Å². The number of nitrogens with one attached hydrogen (secondary N) is 1. The van der Waals surface area contributed by atoms with Gasteiger partial charge < -0.3 is 5.32 Å². The quantitative estimate of drug-likeness (QED) is 0.654. The minimum Gasteiger partial charge on any atom is -0.320 e. The van der Waals surface area contributed by atoms with Crippen molar-refractivity contribution in [2.75, 3.05) is 12.4 Å². The summed E-state index contributed by atoms with van der Waals surface area (Å²) in [6.45, 7) is 1.45. The third kappa shape index (κ3) is 5.19. The van der Waals surface area contributed by atoms with Crippen LogP contribution in [-0.2, 0) is 13.1 Å². The number of amides is 1. The fourth-order valence-corrected chi connectivity index (χ4v) is 3.38. The number of aromatic nitrogens is 2. The Morgan fingerprint density at radius 1 is 1.08 bits per heavy atom. The maximum absolute atomic E-state index is 12.2. The van der Waals surface area contributed by atoms with Crippen LogP contribution in [0, 0.1) is 0 Å². The minimum atomic E-state index is -0.231. The third-order valence-corrected chi connectivity index (χ3v) is 4.90. The average molecular weight is 417 g/mol. The van der Waals surface area contributed by atoms with Gasteiger partial charge >= 0.3 is 0 Å². The Kier molecular flexibility index (Phi) is 5.91. The molecule has 0 unspecified atom stereocenters. The van der Waals surface area contributed by atoms with Gasteiger partial charge in [0.1, 0.15) is 5.01 Å². The molecule has 7 heteroatoms. The van der Waals surface area contributed by atoms with Crippen LogP contribution in [0.5, 0.6) is 0 Å². The van der Waals surface area contributed by atoms with Crippen LogP contribution in [0.15, 0.2) is 59.1 Å².